The normalized spacial score (nSPS) is 15.6. The van der Waals surface area contributed by atoms with Crippen molar-refractivity contribution in [1.82, 2.24) is 14.9 Å². The van der Waals surface area contributed by atoms with Gasteiger partial charge in [0.2, 0.25) is 5.91 Å². The van der Waals surface area contributed by atoms with Crippen LogP contribution in [0, 0.1) is 0 Å². The van der Waals surface area contributed by atoms with Gasteiger partial charge in [0.05, 0.1) is 11.9 Å². The summed E-state index contributed by atoms with van der Waals surface area (Å²) in [5.74, 6) is 1.35. The Morgan fingerprint density at radius 2 is 2.00 bits per heavy atom. The van der Waals surface area contributed by atoms with Crippen LogP contribution in [-0.4, -0.2) is 60.6 Å². The molecule has 0 unspecified atom stereocenters. The Labute approximate surface area is 174 Å². The molecule has 29 heavy (non-hydrogen) atoms. The topological polar surface area (TPSA) is 84.6 Å². The van der Waals surface area contributed by atoms with Crippen molar-refractivity contribution in [2.45, 2.75) is 13.0 Å². The lowest BCUT2D eigenvalue weighted by molar-refractivity contribution is -0.119. The van der Waals surface area contributed by atoms with Crippen molar-refractivity contribution >= 4 is 33.3 Å². The zero-order valence-electron chi connectivity index (χ0n) is 16.5. The number of benzene rings is 1. The molecule has 2 N–H and O–H groups in total. The van der Waals surface area contributed by atoms with Crippen LogP contribution in [0.1, 0.15) is 12.2 Å². The van der Waals surface area contributed by atoms with Gasteiger partial charge in [-0.25, -0.2) is 9.97 Å². The van der Waals surface area contributed by atoms with Gasteiger partial charge < -0.3 is 15.4 Å². The Morgan fingerprint density at radius 1 is 1.17 bits per heavy atom. The third-order valence-corrected chi connectivity index (χ3v) is 5.96. The molecule has 0 bridgehead atoms. The summed E-state index contributed by atoms with van der Waals surface area (Å²) < 4.78 is 5.30. The van der Waals surface area contributed by atoms with E-state index in [4.69, 9.17) is 20.4 Å². The van der Waals surface area contributed by atoms with Crippen molar-refractivity contribution in [2.75, 3.05) is 44.7 Å². The minimum absolute atomic E-state index is 0.283. The van der Waals surface area contributed by atoms with Crippen LogP contribution in [0.15, 0.2) is 35.7 Å². The van der Waals surface area contributed by atoms with Crippen LogP contribution in [0.3, 0.4) is 0 Å². The van der Waals surface area contributed by atoms with Gasteiger partial charge in [-0.3, -0.25) is 9.69 Å². The number of rotatable bonds is 6. The van der Waals surface area contributed by atoms with Crippen molar-refractivity contribution in [3.63, 3.8) is 0 Å². The average Bonchev–Trinajstić information content (AvgIpc) is 3.01. The number of carbonyl (C=O) groups is 1. The molecule has 0 radical (unpaired) electrons. The lowest BCUT2D eigenvalue weighted by atomic mass is 10.1. The van der Waals surface area contributed by atoms with E-state index < -0.39 is 0 Å². The lowest BCUT2D eigenvalue weighted by Crippen LogP contribution is -2.37. The maximum absolute atomic E-state index is 11.3. The zero-order valence-corrected chi connectivity index (χ0v) is 17.3. The second kappa shape index (κ2) is 8.86. The van der Waals surface area contributed by atoms with Gasteiger partial charge in [-0.15, -0.1) is 11.3 Å². The zero-order chi connectivity index (χ0) is 20.2. The largest absolute Gasteiger partial charge is 0.377 e. The van der Waals surface area contributed by atoms with Crippen LogP contribution < -0.4 is 10.6 Å². The van der Waals surface area contributed by atoms with Crippen LogP contribution in [-0.2, 0) is 16.1 Å². The van der Waals surface area contributed by atoms with E-state index in [9.17, 15) is 4.79 Å². The molecule has 0 saturated carbocycles. The molecule has 3 heterocycles. The highest BCUT2D eigenvalue weighted by molar-refractivity contribution is 7.17. The summed E-state index contributed by atoms with van der Waals surface area (Å²) in [4.78, 5) is 26.3. The summed E-state index contributed by atoms with van der Waals surface area (Å²) in [7, 11) is 1.66. The number of thiophene rings is 1. The molecule has 1 fully saturated rings. The number of nitrogens with zero attached hydrogens (tertiary/aromatic N) is 4. The standard InChI is InChI=1S/C21H25N5O2S/c1-28-13-18-23-20(26-9-5-8-25(10-11-26)12-17(22)27)19-16(14-29-21(19)24-18)15-6-3-2-4-7-15/h2-4,6-7,14H,5,8-13H2,1H3,(H2,22,27). The molecule has 152 valence electrons. The number of amides is 1. The Morgan fingerprint density at radius 3 is 2.76 bits per heavy atom. The van der Waals surface area contributed by atoms with Gasteiger partial charge >= 0.3 is 0 Å². The number of ether oxygens (including phenoxy) is 1. The fourth-order valence-electron chi connectivity index (χ4n) is 3.78. The lowest BCUT2D eigenvalue weighted by Gasteiger charge is -2.24. The number of hydrogen-bond acceptors (Lipinski definition) is 7. The van der Waals surface area contributed by atoms with Crippen LogP contribution in [0.2, 0.25) is 0 Å². The van der Waals surface area contributed by atoms with Crippen LogP contribution in [0.4, 0.5) is 5.82 Å². The van der Waals surface area contributed by atoms with E-state index in [0.717, 1.165) is 59.8 Å². The van der Waals surface area contributed by atoms with Gasteiger partial charge in [0, 0.05) is 44.2 Å². The maximum Gasteiger partial charge on any atom is 0.231 e. The average molecular weight is 412 g/mol. The molecule has 7 nitrogen and oxygen atoms in total. The fourth-order valence-corrected chi connectivity index (χ4v) is 4.74. The SMILES string of the molecule is COCc1nc(N2CCCN(CC(N)=O)CC2)c2c(-c3ccccc3)csc2n1. The second-order valence-electron chi connectivity index (χ2n) is 7.18. The monoisotopic (exact) mass is 411 g/mol. The molecule has 3 aromatic rings. The highest BCUT2D eigenvalue weighted by atomic mass is 32.1. The third kappa shape index (κ3) is 4.39. The number of primary amides is 1. The van der Waals surface area contributed by atoms with Gasteiger partial charge in [0.15, 0.2) is 5.82 Å². The molecule has 0 atom stereocenters. The molecule has 0 aliphatic carbocycles. The Bertz CT molecular complexity index is 991. The highest BCUT2D eigenvalue weighted by Crippen LogP contribution is 2.38. The number of nitrogens with two attached hydrogens (primary N) is 1. The predicted molar refractivity (Wildman–Crippen MR) is 116 cm³/mol. The maximum atomic E-state index is 11.3. The fraction of sp³-hybridized carbons (Fsp3) is 0.381. The molecule has 4 rings (SSSR count). The first kappa shape index (κ1) is 19.8. The van der Waals surface area contributed by atoms with E-state index >= 15 is 0 Å². The molecule has 2 aromatic heterocycles. The number of anilines is 1. The van der Waals surface area contributed by atoms with Crippen molar-refractivity contribution < 1.29 is 9.53 Å². The van der Waals surface area contributed by atoms with Crippen LogP contribution in [0.5, 0.6) is 0 Å². The van der Waals surface area contributed by atoms with Crippen molar-refractivity contribution in [1.29, 1.82) is 0 Å². The van der Waals surface area contributed by atoms with E-state index in [0.29, 0.717) is 19.0 Å². The van der Waals surface area contributed by atoms with E-state index in [2.05, 4.69) is 27.3 Å². The predicted octanol–water partition coefficient (Wildman–Crippen LogP) is 2.50. The van der Waals surface area contributed by atoms with E-state index in [1.807, 2.05) is 18.2 Å². The molecule has 8 heteroatoms. The molecule has 1 saturated heterocycles. The first-order chi connectivity index (χ1) is 14.2. The van der Waals surface area contributed by atoms with Crippen LogP contribution in [0.25, 0.3) is 21.3 Å². The number of methoxy groups -OCH3 is 1. The van der Waals surface area contributed by atoms with Crippen LogP contribution >= 0.6 is 11.3 Å². The Kier molecular flexibility index (Phi) is 6.03. The van der Waals surface area contributed by atoms with Gasteiger partial charge in [-0.1, -0.05) is 30.3 Å². The number of carbonyl (C=O) groups excluding carboxylic acids is 1. The quantitative estimate of drug-likeness (QED) is 0.671. The first-order valence-electron chi connectivity index (χ1n) is 9.74. The summed E-state index contributed by atoms with van der Waals surface area (Å²) in [5.41, 5.74) is 7.71. The second-order valence-corrected chi connectivity index (χ2v) is 8.03. The number of hydrogen-bond donors (Lipinski definition) is 1. The third-order valence-electron chi connectivity index (χ3n) is 5.09. The molecule has 1 aromatic carbocycles. The van der Waals surface area contributed by atoms with Crippen molar-refractivity contribution in [3.8, 4) is 11.1 Å². The van der Waals surface area contributed by atoms with Crippen molar-refractivity contribution in [2.24, 2.45) is 5.73 Å². The Hall–Kier alpha value is -2.55. The van der Waals surface area contributed by atoms with Gasteiger partial charge in [0.1, 0.15) is 17.3 Å². The molecule has 1 amide bonds. The summed E-state index contributed by atoms with van der Waals surface area (Å²) in [6.45, 7) is 3.97. The summed E-state index contributed by atoms with van der Waals surface area (Å²) in [6.07, 6.45) is 0.948. The van der Waals surface area contributed by atoms with E-state index in [1.54, 1.807) is 18.4 Å². The molecule has 1 aliphatic rings. The number of aromatic nitrogens is 2. The highest BCUT2D eigenvalue weighted by Gasteiger charge is 2.23. The number of fused-ring (bicyclic) bond motifs is 1. The first-order valence-corrected chi connectivity index (χ1v) is 10.6. The summed E-state index contributed by atoms with van der Waals surface area (Å²) in [6, 6.07) is 10.4. The Balaban J connectivity index is 1.75. The summed E-state index contributed by atoms with van der Waals surface area (Å²) >= 11 is 1.64. The van der Waals surface area contributed by atoms with E-state index in [-0.39, 0.29) is 5.91 Å². The van der Waals surface area contributed by atoms with Gasteiger partial charge in [-0.05, 0) is 12.0 Å². The molecular weight excluding hydrogens is 386 g/mol. The van der Waals surface area contributed by atoms with Crippen molar-refractivity contribution in [3.05, 3.63) is 41.5 Å². The van der Waals surface area contributed by atoms with Gasteiger partial charge in [-0.2, -0.15) is 0 Å². The van der Waals surface area contributed by atoms with Gasteiger partial charge in [0.25, 0.3) is 0 Å². The minimum atomic E-state index is -0.283. The van der Waals surface area contributed by atoms with E-state index in [1.165, 1.54) is 0 Å². The summed E-state index contributed by atoms with van der Waals surface area (Å²) in [5, 5.41) is 3.25. The smallest absolute Gasteiger partial charge is 0.231 e. The molecule has 0 spiro atoms. The molecule has 1 aliphatic heterocycles. The minimum Gasteiger partial charge on any atom is -0.377 e. The molecular formula is C21H25N5O2S.